The molecule has 0 atom stereocenters. The van der Waals surface area contributed by atoms with Crippen LogP contribution in [0.1, 0.15) is 157 Å². The minimum atomic E-state index is -0.145. The van der Waals surface area contributed by atoms with Crippen molar-refractivity contribution in [2.24, 2.45) is 0 Å². The van der Waals surface area contributed by atoms with Gasteiger partial charge < -0.3 is 4.90 Å². The molecule has 0 saturated heterocycles. The Morgan fingerprint density at radius 3 is 1.22 bits per heavy atom. The molecule has 1 nitrogen and oxygen atoms in total. The fourth-order valence-electron chi connectivity index (χ4n) is 10.6. The Hall–Kier alpha value is -6.44. The number of anilines is 3. The summed E-state index contributed by atoms with van der Waals surface area (Å²) in [7, 11) is 0. The minimum Gasteiger partial charge on any atom is -0.310 e. The average Bonchev–Trinajstić information content (AvgIpc) is 3.55. The molecule has 0 aliphatic heterocycles. The molecule has 1 aliphatic carbocycles. The number of para-hydroxylation sites is 1. The van der Waals surface area contributed by atoms with E-state index in [1.807, 2.05) is 0 Å². The normalized spacial score (nSPS) is 13.7. The van der Waals surface area contributed by atoms with E-state index in [0.29, 0.717) is 0 Å². The maximum absolute atomic E-state index is 2.51. The van der Waals surface area contributed by atoms with Crippen molar-refractivity contribution in [2.75, 3.05) is 4.90 Å². The zero-order valence-corrected chi connectivity index (χ0v) is 46.6. The molecule has 0 saturated carbocycles. The molecule has 0 aromatic heterocycles. The Morgan fingerprint density at radius 2 is 0.681 bits per heavy atom. The quantitative estimate of drug-likeness (QED) is 0.154. The van der Waals surface area contributed by atoms with E-state index in [2.05, 4.69) is 292 Å². The molecule has 0 fully saturated rings. The Labute approximate surface area is 434 Å². The van der Waals surface area contributed by atoms with Crippen LogP contribution >= 0.6 is 0 Å². The van der Waals surface area contributed by atoms with Gasteiger partial charge in [-0.1, -0.05) is 245 Å². The first-order valence-corrected chi connectivity index (χ1v) is 26.4. The van der Waals surface area contributed by atoms with Crippen LogP contribution in [0.4, 0.5) is 17.1 Å². The first kappa shape index (κ1) is 50.5. The zero-order chi connectivity index (χ0) is 51.9. The fraction of sp³-hybridized carbons (Fsp3) is 0.324. The van der Waals surface area contributed by atoms with Gasteiger partial charge >= 0.3 is 0 Å². The monoisotopic (exact) mass is 946 g/mol. The van der Waals surface area contributed by atoms with E-state index in [4.69, 9.17) is 0 Å². The fourth-order valence-corrected chi connectivity index (χ4v) is 10.6. The summed E-state index contributed by atoms with van der Waals surface area (Å²) >= 11 is 0. The Bertz CT molecular complexity index is 3300. The summed E-state index contributed by atoms with van der Waals surface area (Å²) in [6, 6.07) is 65.5. The molecule has 72 heavy (non-hydrogen) atoms. The lowest BCUT2D eigenvalue weighted by atomic mass is 9.77. The SMILES string of the molecule is CC(C)(C)c1cc(-c2cccc(N(c3ccc4c(c3)C(C)(C)c3ccccc3-4)c3ccccc3-c3cccc(C(C)(C)C)c3)c2)cc(-c2cc(-c3cc(C(C)(C)C)cc(C(C)(C)C)c3)cc(C(C)(C)C)c2)c1. The molecule has 8 aromatic rings. The molecule has 0 N–H and O–H groups in total. The van der Waals surface area contributed by atoms with Crippen LogP contribution < -0.4 is 4.90 Å². The molecule has 0 amide bonds. The van der Waals surface area contributed by atoms with Crippen molar-refractivity contribution in [1.29, 1.82) is 0 Å². The molecule has 8 aromatic carbocycles. The van der Waals surface area contributed by atoms with E-state index < -0.39 is 0 Å². The van der Waals surface area contributed by atoms with Crippen molar-refractivity contribution >= 4 is 17.1 Å². The van der Waals surface area contributed by atoms with Crippen molar-refractivity contribution in [2.45, 2.75) is 150 Å². The first-order valence-electron chi connectivity index (χ1n) is 26.4. The first-order chi connectivity index (χ1) is 33.6. The Balaban J connectivity index is 1.24. The highest BCUT2D eigenvalue weighted by atomic mass is 15.1. The lowest BCUT2D eigenvalue weighted by Crippen LogP contribution is -2.17. The van der Waals surface area contributed by atoms with E-state index in [1.54, 1.807) is 0 Å². The number of hydrogen-bond donors (Lipinski definition) is 0. The van der Waals surface area contributed by atoms with Gasteiger partial charge in [-0.15, -0.1) is 0 Å². The lowest BCUT2D eigenvalue weighted by molar-refractivity contribution is 0.569. The molecule has 368 valence electrons. The molecule has 0 spiro atoms. The van der Waals surface area contributed by atoms with Gasteiger partial charge in [-0.05, 0) is 159 Å². The maximum atomic E-state index is 2.51. The van der Waals surface area contributed by atoms with Crippen LogP contribution in [0.25, 0.3) is 55.6 Å². The van der Waals surface area contributed by atoms with Gasteiger partial charge in [0.15, 0.2) is 0 Å². The molecule has 0 bridgehead atoms. The number of fused-ring (bicyclic) bond motifs is 3. The van der Waals surface area contributed by atoms with Crippen molar-refractivity contribution in [1.82, 2.24) is 0 Å². The van der Waals surface area contributed by atoms with Gasteiger partial charge in [-0.25, -0.2) is 0 Å². The highest BCUT2D eigenvalue weighted by molar-refractivity contribution is 5.92. The van der Waals surface area contributed by atoms with Crippen LogP contribution in [0.3, 0.4) is 0 Å². The Kier molecular flexibility index (Phi) is 12.6. The average molecular weight is 946 g/mol. The molecule has 0 radical (unpaired) electrons. The smallest absolute Gasteiger partial charge is 0.0540 e. The van der Waals surface area contributed by atoms with Crippen molar-refractivity contribution in [3.8, 4) is 55.6 Å². The van der Waals surface area contributed by atoms with E-state index >= 15 is 0 Å². The van der Waals surface area contributed by atoms with Gasteiger partial charge in [0, 0.05) is 22.4 Å². The van der Waals surface area contributed by atoms with Crippen LogP contribution in [0.2, 0.25) is 0 Å². The third-order valence-electron chi connectivity index (χ3n) is 15.4. The van der Waals surface area contributed by atoms with Crippen LogP contribution in [0.5, 0.6) is 0 Å². The highest BCUT2D eigenvalue weighted by Crippen LogP contribution is 2.52. The molecule has 9 rings (SSSR count). The van der Waals surface area contributed by atoms with E-state index in [-0.39, 0.29) is 32.5 Å². The predicted molar refractivity (Wildman–Crippen MR) is 314 cm³/mol. The zero-order valence-electron chi connectivity index (χ0n) is 46.6. The molecule has 0 unspecified atom stereocenters. The number of rotatable bonds is 7. The van der Waals surface area contributed by atoms with E-state index in [1.165, 1.54) is 94.6 Å². The predicted octanol–water partition coefficient (Wildman–Crippen LogP) is 20.6. The van der Waals surface area contributed by atoms with Crippen molar-refractivity contribution in [3.63, 3.8) is 0 Å². The van der Waals surface area contributed by atoms with Gasteiger partial charge in [0.05, 0.1) is 5.69 Å². The van der Waals surface area contributed by atoms with Gasteiger partial charge in [0.2, 0.25) is 0 Å². The standard InChI is InChI=1S/C71H79N/c1-66(2,3)53-26-22-25-47(36-53)60-28-19-21-31-65(60)72(59-32-33-62-61-29-18-20-30-63(61)71(16,17)64(62)45-59)58-27-23-24-46(43-58)48-34-49(38-54(37-48)67(4,5)6)50-35-51(40-55(39-50)68(7,8)9)52-41-56(69(10,11)12)44-57(42-52)70(13,14)15/h18-45H,1-17H3. The van der Waals surface area contributed by atoms with Crippen LogP contribution in [-0.2, 0) is 32.5 Å². The number of nitrogens with zero attached hydrogens (tertiary/aromatic N) is 1. The van der Waals surface area contributed by atoms with Gasteiger partial charge in [-0.3, -0.25) is 0 Å². The van der Waals surface area contributed by atoms with E-state index in [9.17, 15) is 0 Å². The second kappa shape index (κ2) is 17.9. The second-order valence-electron chi connectivity index (χ2n) is 26.5. The van der Waals surface area contributed by atoms with Gasteiger partial charge in [-0.2, -0.15) is 0 Å². The number of benzene rings is 8. The molecule has 1 heteroatoms. The van der Waals surface area contributed by atoms with Crippen molar-refractivity contribution in [3.05, 3.63) is 209 Å². The summed E-state index contributed by atoms with van der Waals surface area (Å²) in [5, 5.41) is 0. The number of hydrogen-bond acceptors (Lipinski definition) is 1. The topological polar surface area (TPSA) is 3.24 Å². The molecular weight excluding hydrogens is 867 g/mol. The summed E-state index contributed by atoms with van der Waals surface area (Å²) in [6.45, 7) is 39.7. The third-order valence-corrected chi connectivity index (χ3v) is 15.4. The lowest BCUT2D eigenvalue weighted by Gasteiger charge is -2.30. The summed E-state index contributed by atoms with van der Waals surface area (Å²) < 4.78 is 0. The van der Waals surface area contributed by atoms with Crippen molar-refractivity contribution < 1.29 is 0 Å². The summed E-state index contributed by atoms with van der Waals surface area (Å²) in [4.78, 5) is 2.51. The van der Waals surface area contributed by atoms with E-state index in [0.717, 1.165) is 17.1 Å². The maximum Gasteiger partial charge on any atom is 0.0540 e. The van der Waals surface area contributed by atoms with Crippen LogP contribution in [0.15, 0.2) is 170 Å². The van der Waals surface area contributed by atoms with Gasteiger partial charge in [0.1, 0.15) is 0 Å². The second-order valence-corrected chi connectivity index (χ2v) is 26.5. The third kappa shape index (κ3) is 9.89. The molecule has 1 aliphatic rings. The minimum absolute atomic E-state index is 0.0166. The van der Waals surface area contributed by atoms with Crippen LogP contribution in [-0.4, -0.2) is 0 Å². The summed E-state index contributed by atoms with van der Waals surface area (Å²) in [5.74, 6) is 0. The largest absolute Gasteiger partial charge is 0.310 e. The molecule has 0 heterocycles. The Morgan fingerprint density at radius 1 is 0.278 bits per heavy atom. The summed E-state index contributed by atoms with van der Waals surface area (Å²) in [6.07, 6.45) is 0. The molecular formula is C71H79N. The highest BCUT2D eigenvalue weighted by Gasteiger charge is 2.36. The van der Waals surface area contributed by atoms with Gasteiger partial charge in [0.25, 0.3) is 0 Å². The van der Waals surface area contributed by atoms with Crippen LogP contribution in [0, 0.1) is 0 Å². The summed E-state index contributed by atoms with van der Waals surface area (Å²) in [5.41, 5.74) is 25.1.